The van der Waals surface area contributed by atoms with Gasteiger partial charge in [-0.05, 0) is 30.5 Å². The molecule has 1 aromatic carbocycles. The molecular formula is C18H21N3O. The summed E-state index contributed by atoms with van der Waals surface area (Å²) in [6.07, 6.45) is 5.22. The monoisotopic (exact) mass is 295 g/mol. The molecule has 4 nitrogen and oxygen atoms in total. The second kappa shape index (κ2) is 8.62. The van der Waals surface area contributed by atoms with E-state index in [1.165, 1.54) is 5.56 Å². The van der Waals surface area contributed by atoms with E-state index in [1.807, 2.05) is 18.2 Å². The van der Waals surface area contributed by atoms with Gasteiger partial charge in [0.25, 0.3) is 5.91 Å². The molecule has 0 saturated heterocycles. The third kappa shape index (κ3) is 5.05. The van der Waals surface area contributed by atoms with Crippen molar-refractivity contribution in [1.29, 1.82) is 0 Å². The van der Waals surface area contributed by atoms with E-state index in [0.29, 0.717) is 18.7 Å². The first-order valence-electron chi connectivity index (χ1n) is 7.42. The molecule has 2 aromatic rings. The lowest BCUT2D eigenvalue weighted by Crippen LogP contribution is -2.24. The Bertz CT molecular complexity index is 593. The molecule has 114 valence electrons. The molecule has 0 unspecified atom stereocenters. The second-order valence-electron chi connectivity index (χ2n) is 4.95. The van der Waals surface area contributed by atoms with E-state index in [1.54, 1.807) is 24.4 Å². The summed E-state index contributed by atoms with van der Waals surface area (Å²) in [5.41, 5.74) is 1.86. The van der Waals surface area contributed by atoms with Gasteiger partial charge >= 0.3 is 0 Å². The summed E-state index contributed by atoms with van der Waals surface area (Å²) in [6.45, 7) is 4.94. The first-order valence-corrected chi connectivity index (χ1v) is 7.42. The van der Waals surface area contributed by atoms with Crippen molar-refractivity contribution >= 4 is 11.7 Å². The Balaban J connectivity index is 1.73. The number of amides is 1. The number of aromatic nitrogens is 1. The average Bonchev–Trinajstić information content (AvgIpc) is 2.58. The summed E-state index contributed by atoms with van der Waals surface area (Å²) in [4.78, 5) is 16.2. The van der Waals surface area contributed by atoms with Crippen molar-refractivity contribution < 1.29 is 4.79 Å². The molecule has 0 aliphatic carbocycles. The Hall–Kier alpha value is -2.62. The maximum absolute atomic E-state index is 12.0. The molecule has 0 aliphatic heterocycles. The van der Waals surface area contributed by atoms with Crippen LogP contribution in [-0.2, 0) is 6.42 Å². The number of aryl methyl sites for hydroxylation is 1. The molecular weight excluding hydrogens is 274 g/mol. The van der Waals surface area contributed by atoms with Crippen molar-refractivity contribution in [3.05, 3.63) is 72.4 Å². The van der Waals surface area contributed by atoms with Gasteiger partial charge in [0, 0.05) is 19.3 Å². The highest BCUT2D eigenvalue weighted by atomic mass is 16.1. The van der Waals surface area contributed by atoms with Crippen LogP contribution in [0.2, 0.25) is 0 Å². The smallest absolute Gasteiger partial charge is 0.252 e. The van der Waals surface area contributed by atoms with Crippen LogP contribution in [0.1, 0.15) is 22.3 Å². The van der Waals surface area contributed by atoms with E-state index in [4.69, 9.17) is 0 Å². The molecule has 0 saturated carbocycles. The highest BCUT2D eigenvalue weighted by molar-refractivity contribution is 5.94. The van der Waals surface area contributed by atoms with Crippen molar-refractivity contribution in [2.45, 2.75) is 12.8 Å². The number of benzene rings is 1. The van der Waals surface area contributed by atoms with Gasteiger partial charge in [-0.3, -0.25) is 4.79 Å². The molecule has 0 aliphatic rings. The van der Waals surface area contributed by atoms with E-state index < -0.39 is 0 Å². The number of hydrogen-bond acceptors (Lipinski definition) is 3. The van der Waals surface area contributed by atoms with Gasteiger partial charge in [-0.25, -0.2) is 4.98 Å². The Kier molecular flexibility index (Phi) is 6.18. The van der Waals surface area contributed by atoms with Gasteiger partial charge in [-0.15, -0.1) is 6.58 Å². The lowest BCUT2D eigenvalue weighted by Gasteiger charge is -2.06. The fraction of sp³-hybridized carbons (Fsp3) is 0.222. The van der Waals surface area contributed by atoms with Gasteiger partial charge in [0.15, 0.2) is 0 Å². The molecule has 1 amide bonds. The molecule has 0 atom stereocenters. The maximum atomic E-state index is 12.0. The van der Waals surface area contributed by atoms with E-state index >= 15 is 0 Å². The number of hydrogen-bond donors (Lipinski definition) is 2. The number of pyridine rings is 1. The van der Waals surface area contributed by atoms with E-state index in [2.05, 4.69) is 34.3 Å². The Labute approximate surface area is 131 Å². The van der Waals surface area contributed by atoms with Crippen LogP contribution < -0.4 is 10.6 Å². The zero-order chi connectivity index (χ0) is 15.6. The lowest BCUT2D eigenvalue weighted by atomic mass is 10.1. The highest BCUT2D eigenvalue weighted by Gasteiger charge is 2.05. The molecule has 0 fully saturated rings. The molecule has 0 bridgehead atoms. The predicted octanol–water partition coefficient (Wildman–Crippen LogP) is 3.04. The number of carbonyl (C=O) groups excluding carboxylic acids is 1. The summed E-state index contributed by atoms with van der Waals surface area (Å²) in [6, 6.07) is 13.8. The minimum atomic E-state index is -0.0872. The molecule has 0 spiro atoms. The van der Waals surface area contributed by atoms with Gasteiger partial charge in [-0.2, -0.15) is 0 Å². The average molecular weight is 295 g/mol. The minimum Gasteiger partial charge on any atom is -0.367 e. The fourth-order valence-corrected chi connectivity index (χ4v) is 2.05. The summed E-state index contributed by atoms with van der Waals surface area (Å²) in [5, 5.41) is 5.99. The molecule has 22 heavy (non-hydrogen) atoms. The lowest BCUT2D eigenvalue weighted by molar-refractivity contribution is 0.0953. The number of nitrogens with one attached hydrogen (secondary N) is 2. The van der Waals surface area contributed by atoms with Crippen molar-refractivity contribution in [3.63, 3.8) is 0 Å². The molecule has 2 N–H and O–H groups in total. The largest absolute Gasteiger partial charge is 0.367 e. The third-order valence-electron chi connectivity index (χ3n) is 3.22. The summed E-state index contributed by atoms with van der Waals surface area (Å²) in [5.74, 6) is 0.649. The van der Waals surface area contributed by atoms with Gasteiger partial charge in [0.2, 0.25) is 0 Å². The predicted molar refractivity (Wildman–Crippen MR) is 90.0 cm³/mol. The molecule has 0 radical (unpaired) electrons. The van der Waals surface area contributed by atoms with Crippen LogP contribution >= 0.6 is 0 Å². The van der Waals surface area contributed by atoms with Gasteiger partial charge in [0.05, 0.1) is 5.56 Å². The number of rotatable bonds is 8. The van der Waals surface area contributed by atoms with Crippen LogP contribution in [0, 0.1) is 0 Å². The molecule has 2 rings (SSSR count). The molecule has 1 heterocycles. The number of anilines is 1. The second-order valence-corrected chi connectivity index (χ2v) is 4.95. The number of carbonyl (C=O) groups is 1. The summed E-state index contributed by atoms with van der Waals surface area (Å²) < 4.78 is 0. The van der Waals surface area contributed by atoms with Crippen LogP contribution in [0.4, 0.5) is 5.82 Å². The van der Waals surface area contributed by atoms with Crippen LogP contribution in [0.25, 0.3) is 0 Å². The van der Waals surface area contributed by atoms with Gasteiger partial charge in [-0.1, -0.05) is 36.4 Å². The van der Waals surface area contributed by atoms with Crippen LogP contribution in [0.15, 0.2) is 61.3 Å². The first kappa shape index (κ1) is 15.8. The third-order valence-corrected chi connectivity index (χ3v) is 3.22. The summed E-state index contributed by atoms with van der Waals surface area (Å²) in [7, 11) is 0. The Morgan fingerprint density at radius 1 is 1.18 bits per heavy atom. The van der Waals surface area contributed by atoms with E-state index in [-0.39, 0.29) is 5.91 Å². The van der Waals surface area contributed by atoms with Crippen LogP contribution in [0.5, 0.6) is 0 Å². The standard InChI is InChI=1S/C18H21N3O/c1-2-12-19-17-11-10-16(14-21-17)18(22)20-13-6-9-15-7-4-3-5-8-15/h2-5,7-8,10-11,14H,1,6,9,12-13H2,(H,19,21)(H,20,22). The molecule has 1 aromatic heterocycles. The van der Waals surface area contributed by atoms with Crippen LogP contribution in [0.3, 0.4) is 0 Å². The minimum absolute atomic E-state index is 0.0872. The summed E-state index contributed by atoms with van der Waals surface area (Å²) >= 11 is 0. The number of nitrogens with zero attached hydrogens (tertiary/aromatic N) is 1. The quantitative estimate of drug-likeness (QED) is 0.581. The van der Waals surface area contributed by atoms with Gasteiger partial charge < -0.3 is 10.6 Å². The van der Waals surface area contributed by atoms with Crippen molar-refractivity contribution in [2.24, 2.45) is 0 Å². The van der Waals surface area contributed by atoms with Crippen LogP contribution in [-0.4, -0.2) is 24.0 Å². The van der Waals surface area contributed by atoms with Crippen molar-refractivity contribution in [1.82, 2.24) is 10.3 Å². The molecule has 4 heteroatoms. The SMILES string of the molecule is C=CCNc1ccc(C(=O)NCCCc2ccccc2)cn1. The van der Waals surface area contributed by atoms with E-state index in [0.717, 1.165) is 18.7 Å². The zero-order valence-corrected chi connectivity index (χ0v) is 12.6. The highest BCUT2D eigenvalue weighted by Crippen LogP contribution is 2.05. The Morgan fingerprint density at radius 2 is 2.00 bits per heavy atom. The van der Waals surface area contributed by atoms with Gasteiger partial charge in [0.1, 0.15) is 5.82 Å². The Morgan fingerprint density at radius 3 is 2.68 bits per heavy atom. The zero-order valence-electron chi connectivity index (χ0n) is 12.6. The van der Waals surface area contributed by atoms with E-state index in [9.17, 15) is 4.79 Å². The maximum Gasteiger partial charge on any atom is 0.252 e. The topological polar surface area (TPSA) is 54.0 Å². The fourth-order valence-electron chi connectivity index (χ4n) is 2.05. The first-order chi connectivity index (χ1) is 10.8. The van der Waals surface area contributed by atoms with Crippen molar-refractivity contribution in [2.75, 3.05) is 18.4 Å². The normalized spacial score (nSPS) is 10.0. The van der Waals surface area contributed by atoms with Crippen molar-refractivity contribution in [3.8, 4) is 0 Å².